The number of piperidine rings is 1. The van der Waals surface area contributed by atoms with E-state index in [1.807, 2.05) is 4.90 Å². The van der Waals surface area contributed by atoms with Gasteiger partial charge in [-0.15, -0.1) is 0 Å². The highest BCUT2D eigenvalue weighted by molar-refractivity contribution is 5.76. The largest absolute Gasteiger partial charge is 0.416 e. The Bertz CT molecular complexity index is 1080. The third kappa shape index (κ3) is 7.22. The molecule has 0 aromatic heterocycles. The number of aryl methyl sites for hydroxylation is 1. The van der Waals surface area contributed by atoms with Gasteiger partial charge in [0.15, 0.2) is 0 Å². The van der Waals surface area contributed by atoms with Crippen LogP contribution in [0, 0.1) is 6.92 Å². The molecule has 2 aromatic carbocycles. The van der Waals surface area contributed by atoms with Crippen LogP contribution in [0.25, 0.3) is 0 Å². The minimum Gasteiger partial charge on any atom is -0.382 e. The first-order valence-corrected chi connectivity index (χ1v) is 13.7. The summed E-state index contributed by atoms with van der Waals surface area (Å²) in [6.07, 6.45) is -2.39. The van der Waals surface area contributed by atoms with Crippen LogP contribution in [0.5, 0.6) is 0 Å². The third-order valence-electron chi connectivity index (χ3n) is 7.87. The van der Waals surface area contributed by atoms with E-state index in [-0.39, 0.29) is 22.9 Å². The summed E-state index contributed by atoms with van der Waals surface area (Å²) in [5.74, 6) is 0.165. The van der Waals surface area contributed by atoms with Crippen LogP contribution >= 0.6 is 0 Å². The summed E-state index contributed by atoms with van der Waals surface area (Å²) in [7, 11) is 0. The molecule has 2 aliphatic rings. The van der Waals surface area contributed by atoms with E-state index in [1.54, 1.807) is 6.07 Å². The fourth-order valence-electron chi connectivity index (χ4n) is 5.34. The smallest absolute Gasteiger partial charge is 0.382 e. The predicted molar refractivity (Wildman–Crippen MR) is 148 cm³/mol. The molecule has 0 aliphatic carbocycles. The second-order valence-electron chi connectivity index (χ2n) is 11.7. The zero-order valence-corrected chi connectivity index (χ0v) is 23.1. The number of piperazine rings is 1. The van der Waals surface area contributed by atoms with Gasteiger partial charge in [-0.2, -0.15) is 13.2 Å². The molecule has 0 bridgehead atoms. The van der Waals surface area contributed by atoms with E-state index in [1.165, 1.54) is 30.3 Å². The summed E-state index contributed by atoms with van der Waals surface area (Å²) in [4.78, 5) is 19.5. The Balaban J connectivity index is 1.17. The van der Waals surface area contributed by atoms with Crippen LogP contribution in [-0.4, -0.2) is 67.6 Å². The summed E-state index contributed by atoms with van der Waals surface area (Å²) in [5.41, 5.74) is 2.84. The average Bonchev–Trinajstić information content (AvgIpc) is 2.88. The molecule has 2 aliphatic heterocycles. The predicted octanol–water partition coefficient (Wildman–Crippen LogP) is 5.93. The van der Waals surface area contributed by atoms with Crippen molar-refractivity contribution in [2.24, 2.45) is 0 Å². The van der Waals surface area contributed by atoms with Gasteiger partial charge in [-0.1, -0.05) is 39.0 Å². The summed E-state index contributed by atoms with van der Waals surface area (Å²) in [5, 5.41) is 3.24. The molecule has 0 unspecified atom stereocenters. The van der Waals surface area contributed by atoms with Crippen molar-refractivity contribution in [3.8, 4) is 0 Å². The molecule has 0 atom stereocenters. The van der Waals surface area contributed by atoms with Gasteiger partial charge in [0, 0.05) is 69.7 Å². The number of hydrogen-bond donors (Lipinski definition) is 1. The van der Waals surface area contributed by atoms with Crippen molar-refractivity contribution in [3.63, 3.8) is 0 Å². The van der Waals surface area contributed by atoms with E-state index < -0.39 is 11.7 Å². The van der Waals surface area contributed by atoms with Crippen molar-refractivity contribution in [1.29, 1.82) is 0 Å². The lowest BCUT2D eigenvalue weighted by Gasteiger charge is -2.37. The summed E-state index contributed by atoms with van der Waals surface area (Å²) in [6.45, 7) is 14.0. The van der Waals surface area contributed by atoms with Crippen LogP contribution in [0.2, 0.25) is 0 Å². The molecular formula is C30H41F3N4O. The first-order chi connectivity index (χ1) is 17.9. The van der Waals surface area contributed by atoms with Gasteiger partial charge in [0.25, 0.3) is 0 Å². The van der Waals surface area contributed by atoms with Gasteiger partial charge in [0.2, 0.25) is 5.91 Å². The summed E-state index contributed by atoms with van der Waals surface area (Å²) < 4.78 is 39.7. The number of anilines is 2. The highest BCUT2D eigenvalue weighted by Crippen LogP contribution is 2.34. The fourth-order valence-corrected chi connectivity index (χ4v) is 5.34. The van der Waals surface area contributed by atoms with E-state index in [2.05, 4.69) is 60.2 Å². The lowest BCUT2D eigenvalue weighted by molar-refractivity contribution is -0.138. The van der Waals surface area contributed by atoms with Gasteiger partial charge in [-0.05, 0) is 60.6 Å². The quantitative estimate of drug-likeness (QED) is 0.503. The molecule has 0 saturated carbocycles. The summed E-state index contributed by atoms with van der Waals surface area (Å²) >= 11 is 0. The zero-order chi connectivity index (χ0) is 27.5. The van der Waals surface area contributed by atoms with Crippen molar-refractivity contribution in [2.45, 2.75) is 64.6 Å². The second-order valence-corrected chi connectivity index (χ2v) is 11.7. The maximum Gasteiger partial charge on any atom is 0.416 e. The summed E-state index contributed by atoms with van der Waals surface area (Å²) in [6, 6.07) is 13.3. The Morgan fingerprint density at radius 1 is 0.921 bits per heavy atom. The van der Waals surface area contributed by atoms with Crippen LogP contribution in [-0.2, 0) is 16.4 Å². The Morgan fingerprint density at radius 3 is 2.13 bits per heavy atom. The first kappa shape index (κ1) is 28.3. The lowest BCUT2D eigenvalue weighted by atomic mass is 9.87. The van der Waals surface area contributed by atoms with Crippen molar-refractivity contribution in [2.75, 3.05) is 56.0 Å². The number of halogens is 3. The minimum atomic E-state index is -4.36. The fraction of sp³-hybridized carbons (Fsp3) is 0.567. The number of nitrogens with zero attached hydrogens (tertiary/aromatic N) is 3. The minimum absolute atomic E-state index is 0.0633. The number of nitrogens with one attached hydrogen (secondary N) is 1. The SMILES string of the molecule is Cc1ccc(NC2CCN(C(=O)CCN3CCN(c4ccc(C(C)(C)C)cc4)CC3)CC2)cc1C(F)(F)F. The highest BCUT2D eigenvalue weighted by atomic mass is 19.4. The number of rotatable bonds is 6. The average molecular weight is 531 g/mol. The number of amides is 1. The van der Waals surface area contributed by atoms with Gasteiger partial charge in [-0.25, -0.2) is 0 Å². The molecule has 38 heavy (non-hydrogen) atoms. The molecular weight excluding hydrogens is 489 g/mol. The number of carbonyl (C=O) groups is 1. The normalized spacial score (nSPS) is 18.1. The molecule has 0 spiro atoms. The van der Waals surface area contributed by atoms with E-state index in [9.17, 15) is 18.0 Å². The van der Waals surface area contributed by atoms with Crippen LogP contribution in [0.1, 0.15) is 56.7 Å². The number of likely N-dealkylation sites (tertiary alicyclic amines) is 1. The van der Waals surface area contributed by atoms with Gasteiger partial charge < -0.3 is 15.1 Å². The highest BCUT2D eigenvalue weighted by Gasteiger charge is 2.33. The maximum absolute atomic E-state index is 13.2. The molecule has 0 radical (unpaired) electrons. The third-order valence-corrected chi connectivity index (χ3v) is 7.87. The molecule has 2 fully saturated rings. The monoisotopic (exact) mass is 530 g/mol. The van der Waals surface area contributed by atoms with E-state index in [0.717, 1.165) is 45.6 Å². The maximum atomic E-state index is 13.2. The van der Waals surface area contributed by atoms with Crippen LogP contribution < -0.4 is 10.2 Å². The topological polar surface area (TPSA) is 38.8 Å². The number of benzene rings is 2. The molecule has 1 N–H and O–H groups in total. The van der Waals surface area contributed by atoms with Crippen molar-refractivity contribution < 1.29 is 18.0 Å². The Hall–Kier alpha value is -2.74. The Labute approximate surface area is 225 Å². The second kappa shape index (κ2) is 11.6. The van der Waals surface area contributed by atoms with Crippen molar-refractivity contribution in [3.05, 3.63) is 59.2 Å². The zero-order valence-electron chi connectivity index (χ0n) is 23.1. The van der Waals surface area contributed by atoms with Crippen molar-refractivity contribution in [1.82, 2.24) is 9.80 Å². The van der Waals surface area contributed by atoms with E-state index in [4.69, 9.17) is 0 Å². The van der Waals surface area contributed by atoms with Crippen LogP contribution in [0.3, 0.4) is 0 Å². The molecule has 1 amide bonds. The van der Waals surface area contributed by atoms with Gasteiger partial charge >= 0.3 is 6.18 Å². The number of hydrogen-bond acceptors (Lipinski definition) is 4. The van der Waals surface area contributed by atoms with Crippen LogP contribution in [0.15, 0.2) is 42.5 Å². The van der Waals surface area contributed by atoms with Gasteiger partial charge in [0.05, 0.1) is 5.56 Å². The standard InChI is InChI=1S/C30H41F3N4O/c1-22-5-8-25(21-27(22)30(31,32)33)34-24-11-15-37(16-12-24)28(38)13-14-35-17-19-36(20-18-35)26-9-6-23(7-10-26)29(2,3)4/h5-10,21,24,34H,11-20H2,1-4H3. The van der Waals surface area contributed by atoms with E-state index >= 15 is 0 Å². The lowest BCUT2D eigenvalue weighted by Crippen LogP contribution is -2.48. The molecule has 8 heteroatoms. The molecule has 2 aromatic rings. The molecule has 5 nitrogen and oxygen atoms in total. The van der Waals surface area contributed by atoms with Gasteiger partial charge in [0.1, 0.15) is 0 Å². The molecule has 208 valence electrons. The number of carbonyl (C=O) groups excluding carboxylic acids is 1. The Kier molecular flexibility index (Phi) is 8.60. The number of alkyl halides is 3. The van der Waals surface area contributed by atoms with Crippen molar-refractivity contribution >= 4 is 17.3 Å². The van der Waals surface area contributed by atoms with Gasteiger partial charge in [-0.3, -0.25) is 9.69 Å². The molecule has 4 rings (SSSR count). The Morgan fingerprint density at radius 2 is 1.55 bits per heavy atom. The van der Waals surface area contributed by atoms with E-state index in [0.29, 0.717) is 25.2 Å². The van der Waals surface area contributed by atoms with Crippen LogP contribution in [0.4, 0.5) is 24.5 Å². The molecule has 2 heterocycles. The first-order valence-electron chi connectivity index (χ1n) is 13.7. The molecule has 2 saturated heterocycles.